The quantitative estimate of drug-likeness (QED) is 0.135. The van der Waals surface area contributed by atoms with E-state index in [1.807, 2.05) is 0 Å². The average molecular weight is 399 g/mol. The van der Waals surface area contributed by atoms with Crippen LogP contribution in [0.3, 0.4) is 0 Å². The summed E-state index contributed by atoms with van der Waals surface area (Å²) in [5.74, 6) is -1.09. The third-order valence-corrected chi connectivity index (χ3v) is 3.66. The second-order valence-corrected chi connectivity index (χ2v) is 5.81. The summed E-state index contributed by atoms with van der Waals surface area (Å²) in [4.78, 5) is 56.2. The maximum Gasteiger partial charge on any atom is 0.307 e. The number of amides is 2. The molecule has 3 N–H and O–H groups in total. The number of ether oxygens (including phenoxy) is 1. The molecule has 1 heterocycles. The molecule has 12 nitrogen and oxygen atoms in total. The summed E-state index contributed by atoms with van der Waals surface area (Å²) >= 11 is 0. The van der Waals surface area contributed by atoms with Gasteiger partial charge >= 0.3 is 5.97 Å². The van der Waals surface area contributed by atoms with Gasteiger partial charge in [-0.2, -0.15) is 0 Å². The molecule has 2 amide bonds. The summed E-state index contributed by atoms with van der Waals surface area (Å²) in [7, 11) is 0. The Morgan fingerprint density at radius 3 is 2.71 bits per heavy atom. The lowest BCUT2D eigenvalue weighted by molar-refractivity contribution is -0.757. The average Bonchev–Trinajstić information content (AvgIpc) is 3.18. The molecule has 0 spiro atoms. The van der Waals surface area contributed by atoms with Crippen molar-refractivity contribution in [3.63, 3.8) is 0 Å². The topological polar surface area (TPSA) is 166 Å². The van der Waals surface area contributed by atoms with E-state index >= 15 is 0 Å². The van der Waals surface area contributed by atoms with Crippen LogP contribution in [0.4, 0.5) is 0 Å². The van der Waals surface area contributed by atoms with Gasteiger partial charge in [0, 0.05) is 12.8 Å². The van der Waals surface area contributed by atoms with E-state index < -0.39 is 23.0 Å². The molecular formula is C16H25N5O7. The highest BCUT2D eigenvalue weighted by atomic mass is 16.9. The number of rotatable bonds is 14. The van der Waals surface area contributed by atoms with Gasteiger partial charge in [0.2, 0.25) is 11.8 Å². The minimum absolute atomic E-state index is 0.00579. The zero-order valence-corrected chi connectivity index (χ0v) is 15.6. The van der Waals surface area contributed by atoms with Crippen molar-refractivity contribution in [1.29, 1.82) is 0 Å². The molecule has 0 unspecified atom stereocenters. The van der Waals surface area contributed by atoms with Crippen molar-refractivity contribution < 1.29 is 29.0 Å². The monoisotopic (exact) mass is 399 g/mol. The lowest BCUT2D eigenvalue weighted by Gasteiger charge is -2.17. The molecule has 0 aliphatic carbocycles. The summed E-state index contributed by atoms with van der Waals surface area (Å²) in [5, 5.41) is 14.4. The van der Waals surface area contributed by atoms with Crippen LogP contribution in [0.25, 0.3) is 0 Å². The smallest absolute Gasteiger partial charge is 0.307 e. The Labute approximate surface area is 161 Å². The first-order chi connectivity index (χ1) is 13.4. The van der Waals surface area contributed by atoms with Gasteiger partial charge in [0.05, 0.1) is 37.3 Å². The molecule has 12 heteroatoms. The Balaban J connectivity index is 2.39. The Hall–Kier alpha value is -3.18. The second kappa shape index (κ2) is 13.1. The number of carbonyl (C=O) groups is 3. The maximum absolute atomic E-state index is 12.1. The zero-order chi connectivity index (χ0) is 20.8. The van der Waals surface area contributed by atoms with Crippen LogP contribution < -0.4 is 10.6 Å². The number of aromatic nitrogens is 2. The Morgan fingerprint density at radius 1 is 1.29 bits per heavy atom. The number of nitrogens with one attached hydrogen (secondary N) is 3. The van der Waals surface area contributed by atoms with Gasteiger partial charge in [-0.3, -0.25) is 14.4 Å². The fourth-order valence-corrected chi connectivity index (χ4v) is 2.22. The van der Waals surface area contributed by atoms with Crippen LogP contribution in [0.15, 0.2) is 12.5 Å². The minimum Gasteiger partial charge on any atom is -0.444 e. The minimum atomic E-state index is -0.851. The summed E-state index contributed by atoms with van der Waals surface area (Å²) in [6, 6.07) is -0.616. The molecule has 0 bridgehead atoms. The van der Waals surface area contributed by atoms with E-state index in [1.54, 1.807) is 6.92 Å². The van der Waals surface area contributed by atoms with Crippen LogP contribution in [0.2, 0.25) is 0 Å². The van der Waals surface area contributed by atoms with Crippen molar-refractivity contribution in [2.45, 2.75) is 51.5 Å². The van der Waals surface area contributed by atoms with E-state index in [1.165, 1.54) is 12.5 Å². The predicted octanol–water partition coefficient (Wildman–Crippen LogP) is 0.753. The fourth-order valence-electron chi connectivity index (χ4n) is 2.22. The molecule has 1 atom stereocenters. The number of esters is 1. The zero-order valence-electron chi connectivity index (χ0n) is 15.6. The molecule has 1 aromatic heterocycles. The number of imidazole rings is 1. The van der Waals surface area contributed by atoms with Crippen LogP contribution in [0, 0.1) is 10.1 Å². The van der Waals surface area contributed by atoms with Crippen LogP contribution in [0.5, 0.6) is 0 Å². The van der Waals surface area contributed by atoms with E-state index in [2.05, 4.69) is 25.4 Å². The normalized spacial score (nSPS) is 11.3. The molecule has 0 aliphatic heterocycles. The Kier molecular flexibility index (Phi) is 10.7. The molecule has 0 radical (unpaired) electrons. The lowest BCUT2D eigenvalue weighted by Crippen LogP contribution is -2.35. The van der Waals surface area contributed by atoms with Crippen molar-refractivity contribution in [1.82, 2.24) is 20.6 Å². The second-order valence-electron chi connectivity index (χ2n) is 5.81. The summed E-state index contributed by atoms with van der Waals surface area (Å²) < 4.78 is 4.78. The number of aromatic amines is 1. The highest BCUT2D eigenvalue weighted by Crippen LogP contribution is 2.14. The van der Waals surface area contributed by atoms with Gasteiger partial charge in [0.25, 0.3) is 5.09 Å². The molecular weight excluding hydrogens is 374 g/mol. The summed E-state index contributed by atoms with van der Waals surface area (Å²) in [5.41, 5.74) is 0.563. The third kappa shape index (κ3) is 10.1. The Morgan fingerprint density at radius 2 is 2.07 bits per heavy atom. The molecule has 28 heavy (non-hydrogen) atoms. The van der Waals surface area contributed by atoms with Crippen molar-refractivity contribution in [2.75, 3.05) is 13.3 Å². The largest absolute Gasteiger partial charge is 0.444 e. The van der Waals surface area contributed by atoms with Crippen LogP contribution in [0.1, 0.15) is 57.2 Å². The van der Waals surface area contributed by atoms with E-state index in [-0.39, 0.29) is 38.5 Å². The molecule has 0 saturated heterocycles. The predicted molar refractivity (Wildman–Crippen MR) is 94.9 cm³/mol. The first-order valence-electron chi connectivity index (χ1n) is 8.89. The summed E-state index contributed by atoms with van der Waals surface area (Å²) in [6.45, 7) is 1.40. The number of nitrogens with zero attached hydrogens (tertiary/aromatic N) is 2. The number of hydrogen-bond acceptors (Lipinski definition) is 8. The maximum atomic E-state index is 12.1. The van der Waals surface area contributed by atoms with E-state index in [4.69, 9.17) is 4.74 Å². The van der Waals surface area contributed by atoms with Crippen molar-refractivity contribution in [2.24, 2.45) is 0 Å². The molecule has 1 rings (SSSR count). The number of carbonyl (C=O) groups excluding carboxylic acids is 3. The van der Waals surface area contributed by atoms with Crippen LogP contribution in [-0.4, -0.2) is 46.2 Å². The number of H-pyrrole nitrogens is 1. The molecule has 0 aromatic carbocycles. The molecule has 0 saturated carbocycles. The van der Waals surface area contributed by atoms with Crippen molar-refractivity contribution >= 4 is 17.8 Å². The van der Waals surface area contributed by atoms with Crippen molar-refractivity contribution in [3.05, 3.63) is 28.3 Å². The third-order valence-electron chi connectivity index (χ3n) is 3.66. The van der Waals surface area contributed by atoms with Crippen LogP contribution in [-0.2, 0) is 24.0 Å². The van der Waals surface area contributed by atoms with Crippen molar-refractivity contribution in [3.8, 4) is 0 Å². The van der Waals surface area contributed by atoms with Gasteiger partial charge < -0.3 is 25.2 Å². The lowest BCUT2D eigenvalue weighted by atomic mass is 10.1. The van der Waals surface area contributed by atoms with Gasteiger partial charge in [-0.15, -0.1) is 10.1 Å². The first-order valence-corrected chi connectivity index (χ1v) is 8.89. The number of unbranched alkanes of at least 4 members (excludes halogenated alkanes) is 2. The summed E-state index contributed by atoms with van der Waals surface area (Å²) in [6.07, 6.45) is 4.89. The van der Waals surface area contributed by atoms with Gasteiger partial charge in [-0.05, 0) is 12.8 Å². The Bertz CT molecular complexity index is 635. The molecule has 156 valence electrons. The highest BCUT2D eigenvalue weighted by molar-refractivity contribution is 5.80. The fraction of sp³-hybridized carbons (Fsp3) is 0.625. The van der Waals surface area contributed by atoms with E-state index in [0.717, 1.165) is 0 Å². The van der Waals surface area contributed by atoms with E-state index in [0.29, 0.717) is 25.0 Å². The van der Waals surface area contributed by atoms with Gasteiger partial charge in [0.15, 0.2) is 6.73 Å². The van der Waals surface area contributed by atoms with E-state index in [9.17, 15) is 24.5 Å². The first kappa shape index (κ1) is 22.9. The highest BCUT2D eigenvalue weighted by Gasteiger charge is 2.19. The van der Waals surface area contributed by atoms with Gasteiger partial charge in [0.1, 0.15) is 0 Å². The van der Waals surface area contributed by atoms with Gasteiger partial charge in [-0.25, -0.2) is 4.98 Å². The molecule has 1 aromatic rings. The molecule has 0 fully saturated rings. The molecule has 0 aliphatic rings. The standard InChI is InChI=1S/C16H25N5O7/c1-2-16(24)27-11-19-15(23)8-12(13-9-17-10-18-13)20-14(22)6-4-3-5-7-28-21(25)26/h9-10,12H,2-8,11H2,1H3,(H,17,18)(H,19,23)(H,20,22)/t12-/m0/s1. The SMILES string of the molecule is CCC(=O)OCNC(=O)C[C@H](NC(=O)CCCCCO[N+](=O)[O-])c1cnc[nH]1. The van der Waals surface area contributed by atoms with Gasteiger partial charge in [-0.1, -0.05) is 13.3 Å². The number of hydrogen-bond donors (Lipinski definition) is 3. The van der Waals surface area contributed by atoms with Crippen LogP contribution >= 0.6 is 0 Å².